The van der Waals surface area contributed by atoms with E-state index in [9.17, 15) is 4.79 Å². The summed E-state index contributed by atoms with van der Waals surface area (Å²) < 4.78 is 0. The maximum atomic E-state index is 11.6. The van der Waals surface area contributed by atoms with Gasteiger partial charge in [0.2, 0.25) is 5.91 Å². The van der Waals surface area contributed by atoms with Crippen LogP contribution in [0, 0.1) is 5.41 Å². The highest BCUT2D eigenvalue weighted by molar-refractivity contribution is 5.87. The van der Waals surface area contributed by atoms with Gasteiger partial charge in [0.25, 0.3) is 0 Å². The van der Waals surface area contributed by atoms with Crippen LogP contribution >= 0.6 is 0 Å². The molecule has 1 fully saturated rings. The summed E-state index contributed by atoms with van der Waals surface area (Å²) >= 11 is 0. The van der Waals surface area contributed by atoms with Crippen LogP contribution in [0.25, 0.3) is 0 Å². The zero-order chi connectivity index (χ0) is 10.2. The molecular weight excluding hydrogens is 174 g/mol. The fourth-order valence-corrected chi connectivity index (χ4v) is 1.88. The van der Waals surface area contributed by atoms with Gasteiger partial charge in [0.1, 0.15) is 0 Å². The number of benzene rings is 1. The monoisotopic (exact) mass is 189 g/mol. The number of β-lactam (4-membered cyclic amide) rings is 1. The molecule has 0 aliphatic carbocycles. The molecule has 0 aromatic heterocycles. The number of amides is 1. The highest BCUT2D eigenvalue weighted by Gasteiger charge is 2.43. The van der Waals surface area contributed by atoms with Crippen molar-refractivity contribution in [3.8, 4) is 0 Å². The lowest BCUT2D eigenvalue weighted by atomic mass is 9.83. The van der Waals surface area contributed by atoms with E-state index in [0.29, 0.717) is 0 Å². The second kappa shape index (κ2) is 3.12. The Bertz CT molecular complexity index is 343. The molecule has 0 unspecified atom stereocenters. The first kappa shape index (κ1) is 9.25. The summed E-state index contributed by atoms with van der Waals surface area (Å²) in [5, 5.41) is 0. The van der Waals surface area contributed by atoms with Crippen molar-refractivity contribution >= 4 is 5.91 Å². The van der Waals surface area contributed by atoms with Crippen LogP contribution in [-0.2, 0) is 11.3 Å². The minimum absolute atomic E-state index is 0.130. The molecule has 2 rings (SSSR count). The van der Waals surface area contributed by atoms with Crippen LogP contribution in [0.3, 0.4) is 0 Å². The Labute approximate surface area is 84.5 Å². The predicted octanol–water partition coefficient (Wildman–Crippen LogP) is 2.05. The predicted molar refractivity (Wildman–Crippen MR) is 55.6 cm³/mol. The normalized spacial score (nSPS) is 19.3. The first-order valence-electron chi connectivity index (χ1n) is 4.93. The van der Waals surface area contributed by atoms with Crippen molar-refractivity contribution in [3.05, 3.63) is 35.9 Å². The molecule has 1 aromatic rings. The van der Waals surface area contributed by atoms with E-state index in [2.05, 4.69) is 12.1 Å². The second-order valence-corrected chi connectivity index (χ2v) is 4.53. The molecule has 1 saturated heterocycles. The molecule has 2 heteroatoms. The van der Waals surface area contributed by atoms with Gasteiger partial charge in [0.15, 0.2) is 0 Å². The topological polar surface area (TPSA) is 20.3 Å². The SMILES string of the molecule is CC1(C)CN(Cc2ccccc2)C1=O. The third kappa shape index (κ3) is 1.52. The Morgan fingerprint density at radius 3 is 2.43 bits per heavy atom. The van der Waals surface area contributed by atoms with Gasteiger partial charge in [-0.3, -0.25) is 4.79 Å². The molecule has 1 heterocycles. The minimum atomic E-state index is -0.130. The Balaban J connectivity index is 1.99. The number of carbonyl (C=O) groups excluding carboxylic acids is 1. The number of likely N-dealkylation sites (tertiary alicyclic amines) is 1. The van der Waals surface area contributed by atoms with Gasteiger partial charge in [-0.1, -0.05) is 30.3 Å². The Morgan fingerprint density at radius 2 is 1.93 bits per heavy atom. The van der Waals surface area contributed by atoms with Crippen LogP contribution in [0.4, 0.5) is 0 Å². The summed E-state index contributed by atoms with van der Waals surface area (Å²) in [4.78, 5) is 13.5. The van der Waals surface area contributed by atoms with E-state index < -0.39 is 0 Å². The quantitative estimate of drug-likeness (QED) is 0.652. The molecule has 0 bridgehead atoms. The van der Waals surface area contributed by atoms with E-state index in [4.69, 9.17) is 0 Å². The van der Waals surface area contributed by atoms with Crippen molar-refractivity contribution in [2.45, 2.75) is 20.4 Å². The number of hydrogen-bond acceptors (Lipinski definition) is 1. The summed E-state index contributed by atoms with van der Waals surface area (Å²) in [5.41, 5.74) is 1.07. The van der Waals surface area contributed by atoms with E-state index in [-0.39, 0.29) is 11.3 Å². The van der Waals surface area contributed by atoms with Gasteiger partial charge in [-0.2, -0.15) is 0 Å². The number of rotatable bonds is 2. The fourth-order valence-electron chi connectivity index (χ4n) is 1.88. The van der Waals surface area contributed by atoms with E-state index in [0.717, 1.165) is 13.1 Å². The van der Waals surface area contributed by atoms with Crippen LogP contribution in [-0.4, -0.2) is 17.4 Å². The van der Waals surface area contributed by atoms with Crippen LogP contribution in [0.5, 0.6) is 0 Å². The number of carbonyl (C=O) groups is 1. The highest BCUT2D eigenvalue weighted by Crippen LogP contribution is 2.31. The molecule has 1 aliphatic heterocycles. The Kier molecular flexibility index (Phi) is 2.06. The van der Waals surface area contributed by atoms with Gasteiger partial charge in [-0.15, -0.1) is 0 Å². The van der Waals surface area contributed by atoms with Gasteiger partial charge in [-0.05, 0) is 19.4 Å². The van der Waals surface area contributed by atoms with Gasteiger partial charge in [0.05, 0.1) is 5.41 Å². The molecule has 0 N–H and O–H groups in total. The molecule has 1 aromatic carbocycles. The van der Waals surface area contributed by atoms with Gasteiger partial charge < -0.3 is 4.90 Å². The Hall–Kier alpha value is -1.31. The van der Waals surface area contributed by atoms with E-state index in [1.165, 1.54) is 5.56 Å². The summed E-state index contributed by atoms with van der Waals surface area (Å²) in [5.74, 6) is 0.265. The van der Waals surface area contributed by atoms with Gasteiger partial charge in [-0.25, -0.2) is 0 Å². The molecule has 2 nitrogen and oxygen atoms in total. The van der Waals surface area contributed by atoms with Crippen LogP contribution in [0.15, 0.2) is 30.3 Å². The van der Waals surface area contributed by atoms with E-state index in [1.807, 2.05) is 36.9 Å². The lowest BCUT2D eigenvalue weighted by Crippen LogP contribution is -2.57. The molecule has 1 aliphatic rings. The molecular formula is C12H15NO. The molecule has 0 spiro atoms. The Morgan fingerprint density at radius 1 is 1.29 bits per heavy atom. The summed E-state index contributed by atoms with van der Waals surface area (Å²) in [6, 6.07) is 10.1. The lowest BCUT2D eigenvalue weighted by Gasteiger charge is -2.44. The fraction of sp³-hybridized carbons (Fsp3) is 0.417. The largest absolute Gasteiger partial charge is 0.337 e. The zero-order valence-electron chi connectivity index (χ0n) is 8.66. The molecule has 0 saturated carbocycles. The third-order valence-corrected chi connectivity index (χ3v) is 2.67. The molecule has 1 amide bonds. The lowest BCUT2D eigenvalue weighted by molar-refractivity contribution is -0.157. The summed E-state index contributed by atoms with van der Waals surface area (Å²) in [7, 11) is 0. The van der Waals surface area contributed by atoms with Crippen molar-refractivity contribution in [1.29, 1.82) is 0 Å². The number of hydrogen-bond donors (Lipinski definition) is 0. The van der Waals surface area contributed by atoms with Gasteiger partial charge in [0, 0.05) is 13.1 Å². The molecule has 14 heavy (non-hydrogen) atoms. The molecule has 0 atom stereocenters. The first-order chi connectivity index (χ1) is 6.59. The maximum absolute atomic E-state index is 11.6. The summed E-state index contributed by atoms with van der Waals surface area (Å²) in [6.45, 7) is 5.62. The maximum Gasteiger partial charge on any atom is 0.230 e. The van der Waals surface area contributed by atoms with Crippen LogP contribution in [0.1, 0.15) is 19.4 Å². The third-order valence-electron chi connectivity index (χ3n) is 2.67. The average Bonchev–Trinajstić information content (AvgIpc) is 2.18. The van der Waals surface area contributed by atoms with Crippen molar-refractivity contribution in [2.24, 2.45) is 5.41 Å². The highest BCUT2D eigenvalue weighted by atomic mass is 16.2. The first-order valence-corrected chi connectivity index (χ1v) is 4.93. The van der Waals surface area contributed by atoms with E-state index >= 15 is 0 Å². The standard InChI is InChI=1S/C12H15NO/c1-12(2)9-13(11(12)14)8-10-6-4-3-5-7-10/h3-7H,8-9H2,1-2H3. The van der Waals surface area contributed by atoms with Crippen molar-refractivity contribution in [3.63, 3.8) is 0 Å². The van der Waals surface area contributed by atoms with Crippen molar-refractivity contribution in [1.82, 2.24) is 4.90 Å². The second-order valence-electron chi connectivity index (χ2n) is 4.53. The number of nitrogens with zero attached hydrogens (tertiary/aromatic N) is 1. The smallest absolute Gasteiger partial charge is 0.230 e. The minimum Gasteiger partial charge on any atom is -0.337 e. The van der Waals surface area contributed by atoms with Crippen LogP contribution in [0.2, 0.25) is 0 Å². The van der Waals surface area contributed by atoms with Crippen molar-refractivity contribution < 1.29 is 4.79 Å². The average molecular weight is 189 g/mol. The molecule has 74 valence electrons. The van der Waals surface area contributed by atoms with Gasteiger partial charge >= 0.3 is 0 Å². The summed E-state index contributed by atoms with van der Waals surface area (Å²) in [6.07, 6.45) is 0. The molecule has 0 radical (unpaired) electrons. The zero-order valence-corrected chi connectivity index (χ0v) is 8.66. The van der Waals surface area contributed by atoms with Crippen molar-refractivity contribution in [2.75, 3.05) is 6.54 Å². The van der Waals surface area contributed by atoms with Crippen LogP contribution < -0.4 is 0 Å². The van der Waals surface area contributed by atoms with E-state index in [1.54, 1.807) is 0 Å².